The number of aromatic hydroxyl groups is 1. The second-order valence-corrected chi connectivity index (χ2v) is 4.77. The van der Waals surface area contributed by atoms with Crippen LogP contribution in [0.3, 0.4) is 0 Å². The Morgan fingerprint density at radius 2 is 2.00 bits per heavy atom. The highest BCUT2D eigenvalue weighted by molar-refractivity contribution is 5.97. The molecule has 0 aliphatic rings. The van der Waals surface area contributed by atoms with Crippen molar-refractivity contribution in [1.29, 1.82) is 0 Å². The molecular formula is C16H16FNO3. The Kier molecular flexibility index (Phi) is 4.55. The average molecular weight is 289 g/mol. The van der Waals surface area contributed by atoms with E-state index in [4.69, 9.17) is 0 Å². The molecule has 21 heavy (non-hydrogen) atoms. The topological polar surface area (TPSA) is 69.6 Å². The summed E-state index contributed by atoms with van der Waals surface area (Å²) in [6.07, 6.45) is -1.15. The molecule has 5 heteroatoms. The number of hydrogen-bond donors (Lipinski definition) is 3. The van der Waals surface area contributed by atoms with Gasteiger partial charge in [-0.1, -0.05) is 29.8 Å². The van der Waals surface area contributed by atoms with E-state index in [1.807, 2.05) is 0 Å². The van der Waals surface area contributed by atoms with Crippen LogP contribution in [0.5, 0.6) is 5.75 Å². The second-order valence-electron chi connectivity index (χ2n) is 4.77. The maximum atomic E-state index is 13.5. The summed E-state index contributed by atoms with van der Waals surface area (Å²) in [7, 11) is 0. The van der Waals surface area contributed by atoms with Crippen molar-refractivity contribution in [3.63, 3.8) is 0 Å². The lowest BCUT2D eigenvalue weighted by Gasteiger charge is -2.13. The van der Waals surface area contributed by atoms with Crippen molar-refractivity contribution in [1.82, 2.24) is 5.32 Å². The number of aliphatic hydroxyl groups excluding tert-OH is 1. The molecule has 0 radical (unpaired) electrons. The molecule has 1 atom stereocenters. The molecule has 0 saturated heterocycles. The number of carbonyl (C=O) groups excluding carboxylic acids is 1. The van der Waals surface area contributed by atoms with Gasteiger partial charge in [-0.2, -0.15) is 0 Å². The first-order valence-corrected chi connectivity index (χ1v) is 6.49. The number of nitrogens with one attached hydrogen (secondary N) is 1. The predicted molar refractivity (Wildman–Crippen MR) is 76.5 cm³/mol. The molecular weight excluding hydrogens is 273 g/mol. The van der Waals surface area contributed by atoms with Crippen LogP contribution in [-0.4, -0.2) is 22.7 Å². The minimum Gasteiger partial charge on any atom is -0.507 e. The number of benzene rings is 2. The predicted octanol–water partition coefficient (Wildman–Crippen LogP) is 2.30. The molecule has 2 aromatic carbocycles. The first kappa shape index (κ1) is 15.0. The van der Waals surface area contributed by atoms with Gasteiger partial charge in [-0.25, -0.2) is 4.39 Å². The van der Waals surface area contributed by atoms with Crippen LogP contribution in [0, 0.1) is 12.7 Å². The fraction of sp³-hybridized carbons (Fsp3) is 0.188. The smallest absolute Gasteiger partial charge is 0.255 e. The monoisotopic (exact) mass is 289 g/mol. The van der Waals surface area contributed by atoms with E-state index in [0.717, 1.165) is 5.56 Å². The summed E-state index contributed by atoms with van der Waals surface area (Å²) < 4.78 is 13.5. The number of hydrogen-bond acceptors (Lipinski definition) is 3. The Labute approximate surface area is 121 Å². The number of carbonyl (C=O) groups is 1. The zero-order valence-electron chi connectivity index (χ0n) is 11.5. The Morgan fingerprint density at radius 1 is 1.29 bits per heavy atom. The lowest BCUT2D eigenvalue weighted by atomic mass is 10.1. The van der Waals surface area contributed by atoms with Gasteiger partial charge < -0.3 is 15.5 Å². The molecule has 2 rings (SSSR count). The van der Waals surface area contributed by atoms with Gasteiger partial charge in [0.15, 0.2) is 0 Å². The van der Waals surface area contributed by atoms with Gasteiger partial charge in [0, 0.05) is 12.1 Å². The SMILES string of the molecule is Cc1ccc(O)c(C(=O)NCC(O)c2ccccc2F)c1. The number of amides is 1. The van der Waals surface area contributed by atoms with E-state index >= 15 is 0 Å². The standard InChI is InChI=1S/C16H16FNO3/c1-10-6-7-14(19)12(8-10)16(21)18-9-15(20)11-4-2-3-5-13(11)17/h2-8,15,19-20H,9H2,1H3,(H,18,21). The largest absolute Gasteiger partial charge is 0.507 e. The molecule has 0 bridgehead atoms. The fourth-order valence-corrected chi connectivity index (χ4v) is 1.97. The molecule has 1 amide bonds. The third-order valence-corrected chi connectivity index (χ3v) is 3.12. The highest BCUT2D eigenvalue weighted by atomic mass is 19.1. The van der Waals surface area contributed by atoms with Crippen LogP contribution in [0.25, 0.3) is 0 Å². The molecule has 2 aromatic rings. The van der Waals surface area contributed by atoms with Crippen LogP contribution in [0.15, 0.2) is 42.5 Å². The Balaban J connectivity index is 2.04. The highest BCUT2D eigenvalue weighted by Crippen LogP contribution is 2.19. The summed E-state index contributed by atoms with van der Waals surface area (Å²) in [5.74, 6) is -1.19. The zero-order chi connectivity index (χ0) is 15.4. The van der Waals surface area contributed by atoms with Crippen molar-refractivity contribution in [3.05, 3.63) is 65.0 Å². The average Bonchev–Trinajstić information content (AvgIpc) is 2.47. The van der Waals surface area contributed by atoms with E-state index in [1.54, 1.807) is 25.1 Å². The van der Waals surface area contributed by atoms with Gasteiger partial charge in [0.2, 0.25) is 0 Å². The number of phenolic OH excluding ortho intramolecular Hbond substituents is 1. The van der Waals surface area contributed by atoms with Gasteiger partial charge in [0.25, 0.3) is 5.91 Å². The Morgan fingerprint density at radius 3 is 2.71 bits per heavy atom. The molecule has 0 fully saturated rings. The van der Waals surface area contributed by atoms with Gasteiger partial charge in [0.1, 0.15) is 11.6 Å². The van der Waals surface area contributed by atoms with E-state index in [2.05, 4.69) is 5.32 Å². The molecule has 0 spiro atoms. The van der Waals surface area contributed by atoms with Gasteiger partial charge in [-0.15, -0.1) is 0 Å². The summed E-state index contributed by atoms with van der Waals surface area (Å²) in [4.78, 5) is 12.0. The van der Waals surface area contributed by atoms with Crippen molar-refractivity contribution in [3.8, 4) is 5.75 Å². The minimum absolute atomic E-state index is 0.117. The van der Waals surface area contributed by atoms with Crippen LogP contribution in [0.1, 0.15) is 27.6 Å². The van der Waals surface area contributed by atoms with Gasteiger partial charge in [0.05, 0.1) is 11.7 Å². The molecule has 3 N–H and O–H groups in total. The molecule has 110 valence electrons. The fourth-order valence-electron chi connectivity index (χ4n) is 1.97. The number of rotatable bonds is 4. The van der Waals surface area contributed by atoms with Crippen molar-refractivity contribution >= 4 is 5.91 Å². The lowest BCUT2D eigenvalue weighted by molar-refractivity contribution is 0.0911. The summed E-state index contributed by atoms with van der Waals surface area (Å²) in [5, 5.41) is 22.0. The second kappa shape index (κ2) is 6.37. The number of aryl methyl sites for hydroxylation is 1. The first-order chi connectivity index (χ1) is 9.99. The van der Waals surface area contributed by atoms with Crippen LogP contribution in [-0.2, 0) is 0 Å². The van der Waals surface area contributed by atoms with Crippen molar-refractivity contribution < 1.29 is 19.4 Å². The van der Waals surface area contributed by atoms with Crippen LogP contribution in [0.2, 0.25) is 0 Å². The number of aliphatic hydroxyl groups is 1. The highest BCUT2D eigenvalue weighted by Gasteiger charge is 2.16. The summed E-state index contributed by atoms with van der Waals surface area (Å²) in [5.41, 5.74) is 1.06. The van der Waals surface area contributed by atoms with Crippen LogP contribution in [0.4, 0.5) is 4.39 Å². The Hall–Kier alpha value is -2.40. The normalized spacial score (nSPS) is 12.0. The van der Waals surface area contributed by atoms with E-state index in [0.29, 0.717) is 0 Å². The molecule has 0 aliphatic heterocycles. The first-order valence-electron chi connectivity index (χ1n) is 6.49. The zero-order valence-corrected chi connectivity index (χ0v) is 11.5. The maximum Gasteiger partial charge on any atom is 0.255 e. The molecule has 1 unspecified atom stereocenters. The Bertz CT molecular complexity index is 658. The van der Waals surface area contributed by atoms with E-state index in [1.165, 1.54) is 24.3 Å². The van der Waals surface area contributed by atoms with Crippen LogP contribution >= 0.6 is 0 Å². The van der Waals surface area contributed by atoms with Crippen molar-refractivity contribution in [2.24, 2.45) is 0 Å². The van der Waals surface area contributed by atoms with E-state index < -0.39 is 17.8 Å². The summed E-state index contributed by atoms with van der Waals surface area (Å²) in [6.45, 7) is 1.65. The minimum atomic E-state index is -1.15. The third-order valence-electron chi connectivity index (χ3n) is 3.12. The number of phenols is 1. The third kappa shape index (κ3) is 3.58. The molecule has 0 saturated carbocycles. The maximum absolute atomic E-state index is 13.5. The van der Waals surface area contributed by atoms with Crippen molar-refractivity contribution in [2.45, 2.75) is 13.0 Å². The number of halogens is 1. The van der Waals surface area contributed by atoms with Gasteiger partial charge in [-0.05, 0) is 25.1 Å². The molecule has 0 aliphatic carbocycles. The molecule has 0 heterocycles. The molecule has 0 aromatic heterocycles. The molecule has 4 nitrogen and oxygen atoms in total. The van der Waals surface area contributed by atoms with E-state index in [-0.39, 0.29) is 23.4 Å². The van der Waals surface area contributed by atoms with Gasteiger partial charge >= 0.3 is 0 Å². The van der Waals surface area contributed by atoms with Crippen molar-refractivity contribution in [2.75, 3.05) is 6.54 Å². The van der Waals surface area contributed by atoms with E-state index in [9.17, 15) is 19.4 Å². The summed E-state index contributed by atoms with van der Waals surface area (Å²) >= 11 is 0. The quantitative estimate of drug-likeness (QED) is 0.809. The lowest BCUT2D eigenvalue weighted by Crippen LogP contribution is -2.28. The summed E-state index contributed by atoms with van der Waals surface area (Å²) in [6, 6.07) is 10.5. The van der Waals surface area contributed by atoms with Crippen LogP contribution < -0.4 is 5.32 Å². The van der Waals surface area contributed by atoms with Gasteiger partial charge in [-0.3, -0.25) is 4.79 Å².